The zero-order valence-electron chi connectivity index (χ0n) is 8.49. The second-order valence-corrected chi connectivity index (χ2v) is 4.17. The fourth-order valence-corrected chi connectivity index (χ4v) is 2.01. The van der Waals surface area contributed by atoms with Crippen LogP contribution in [0.3, 0.4) is 0 Å². The molecule has 2 aromatic heterocycles. The third-order valence-corrected chi connectivity index (χ3v) is 2.84. The van der Waals surface area contributed by atoms with Crippen LogP contribution in [-0.4, -0.2) is 14.6 Å². The van der Waals surface area contributed by atoms with Gasteiger partial charge in [-0.2, -0.15) is 0 Å². The van der Waals surface area contributed by atoms with Crippen molar-refractivity contribution in [3.8, 4) is 0 Å². The van der Waals surface area contributed by atoms with E-state index in [2.05, 4.69) is 33.7 Å². The largest absolute Gasteiger partial charge is 0.283 e. The van der Waals surface area contributed by atoms with E-state index in [1.165, 1.54) is 24.1 Å². The van der Waals surface area contributed by atoms with Crippen molar-refractivity contribution in [2.45, 2.75) is 32.6 Å². The SMILES string of the molecule is Cc1cc(C2CC2)n2c(C)nnc2c1. The first-order valence-electron chi connectivity index (χ1n) is 5.08. The highest BCUT2D eigenvalue weighted by Gasteiger charge is 2.26. The summed E-state index contributed by atoms with van der Waals surface area (Å²) in [5.41, 5.74) is 3.67. The summed E-state index contributed by atoms with van der Waals surface area (Å²) in [6, 6.07) is 4.35. The van der Waals surface area contributed by atoms with E-state index in [9.17, 15) is 0 Å². The maximum atomic E-state index is 4.16. The van der Waals surface area contributed by atoms with E-state index in [1.54, 1.807) is 0 Å². The van der Waals surface area contributed by atoms with Gasteiger partial charge in [-0.1, -0.05) is 0 Å². The van der Waals surface area contributed by atoms with E-state index >= 15 is 0 Å². The van der Waals surface area contributed by atoms with Crippen LogP contribution >= 0.6 is 0 Å². The molecule has 14 heavy (non-hydrogen) atoms. The summed E-state index contributed by atoms with van der Waals surface area (Å²) < 4.78 is 2.19. The molecule has 0 aliphatic heterocycles. The molecule has 1 aliphatic rings. The molecule has 1 saturated carbocycles. The van der Waals surface area contributed by atoms with Crippen LogP contribution in [0.4, 0.5) is 0 Å². The molecule has 0 bridgehead atoms. The predicted octanol–water partition coefficient (Wildman–Crippen LogP) is 2.22. The minimum atomic E-state index is 0.743. The lowest BCUT2D eigenvalue weighted by Crippen LogP contribution is -1.98. The number of fused-ring (bicyclic) bond motifs is 1. The Labute approximate surface area is 82.8 Å². The van der Waals surface area contributed by atoms with Crippen molar-refractivity contribution in [2.75, 3.05) is 0 Å². The lowest BCUT2D eigenvalue weighted by molar-refractivity contribution is 0.914. The van der Waals surface area contributed by atoms with E-state index in [0.717, 1.165) is 17.4 Å². The van der Waals surface area contributed by atoms with E-state index in [1.807, 2.05) is 6.92 Å². The summed E-state index contributed by atoms with van der Waals surface area (Å²) in [5.74, 6) is 1.74. The van der Waals surface area contributed by atoms with Crippen molar-refractivity contribution >= 4 is 5.65 Å². The summed E-state index contributed by atoms with van der Waals surface area (Å²) in [4.78, 5) is 0. The topological polar surface area (TPSA) is 30.2 Å². The third kappa shape index (κ3) is 1.05. The first-order valence-corrected chi connectivity index (χ1v) is 5.08. The Morgan fingerprint density at radius 2 is 2.00 bits per heavy atom. The van der Waals surface area contributed by atoms with Gasteiger partial charge in [0.1, 0.15) is 5.82 Å². The van der Waals surface area contributed by atoms with Gasteiger partial charge in [-0.15, -0.1) is 10.2 Å². The Morgan fingerprint density at radius 1 is 1.21 bits per heavy atom. The minimum absolute atomic E-state index is 0.743. The lowest BCUT2D eigenvalue weighted by Gasteiger charge is -2.05. The van der Waals surface area contributed by atoms with E-state index < -0.39 is 0 Å². The fraction of sp³-hybridized carbons (Fsp3) is 0.455. The average molecular weight is 187 g/mol. The van der Waals surface area contributed by atoms with E-state index in [-0.39, 0.29) is 0 Å². The van der Waals surface area contributed by atoms with Crippen LogP contribution in [0.25, 0.3) is 5.65 Å². The molecular weight excluding hydrogens is 174 g/mol. The lowest BCUT2D eigenvalue weighted by atomic mass is 10.2. The van der Waals surface area contributed by atoms with E-state index in [0.29, 0.717) is 0 Å². The maximum Gasteiger partial charge on any atom is 0.161 e. The Kier molecular flexibility index (Phi) is 1.46. The van der Waals surface area contributed by atoms with Gasteiger partial charge in [0.25, 0.3) is 0 Å². The van der Waals surface area contributed by atoms with Crippen LogP contribution in [0.5, 0.6) is 0 Å². The molecule has 0 aromatic carbocycles. The predicted molar refractivity (Wildman–Crippen MR) is 54.4 cm³/mol. The van der Waals surface area contributed by atoms with Crippen LogP contribution in [0.1, 0.15) is 35.8 Å². The van der Waals surface area contributed by atoms with Crippen molar-refractivity contribution in [1.29, 1.82) is 0 Å². The zero-order chi connectivity index (χ0) is 9.71. The second kappa shape index (κ2) is 2.56. The first kappa shape index (κ1) is 7.97. The molecule has 72 valence electrons. The van der Waals surface area contributed by atoms with Crippen molar-refractivity contribution < 1.29 is 0 Å². The number of hydrogen-bond donors (Lipinski definition) is 0. The second-order valence-electron chi connectivity index (χ2n) is 4.17. The zero-order valence-corrected chi connectivity index (χ0v) is 8.49. The summed E-state index contributed by atoms with van der Waals surface area (Å²) >= 11 is 0. The molecule has 0 saturated heterocycles. The third-order valence-electron chi connectivity index (χ3n) is 2.84. The quantitative estimate of drug-likeness (QED) is 0.685. The molecule has 0 spiro atoms. The molecule has 3 nitrogen and oxygen atoms in total. The Hall–Kier alpha value is -1.38. The van der Waals surface area contributed by atoms with Crippen molar-refractivity contribution in [2.24, 2.45) is 0 Å². The summed E-state index contributed by atoms with van der Waals surface area (Å²) in [6.45, 7) is 4.14. The van der Waals surface area contributed by atoms with E-state index in [4.69, 9.17) is 0 Å². The molecule has 0 atom stereocenters. The molecule has 0 unspecified atom stereocenters. The molecule has 3 rings (SSSR count). The van der Waals surface area contributed by atoms with Crippen LogP contribution in [0.15, 0.2) is 12.1 Å². The molecule has 2 heterocycles. The highest BCUT2D eigenvalue weighted by Crippen LogP contribution is 2.40. The number of hydrogen-bond acceptors (Lipinski definition) is 2. The number of pyridine rings is 1. The van der Waals surface area contributed by atoms with Gasteiger partial charge in [0.2, 0.25) is 0 Å². The number of rotatable bonds is 1. The van der Waals surface area contributed by atoms with Gasteiger partial charge < -0.3 is 0 Å². The number of aryl methyl sites for hydroxylation is 2. The molecule has 0 N–H and O–H groups in total. The van der Waals surface area contributed by atoms with Crippen LogP contribution in [-0.2, 0) is 0 Å². The maximum absolute atomic E-state index is 4.16. The molecule has 3 heteroatoms. The van der Waals surface area contributed by atoms with Gasteiger partial charge in [0.15, 0.2) is 5.65 Å². The Morgan fingerprint density at radius 3 is 2.71 bits per heavy atom. The summed E-state index contributed by atoms with van der Waals surface area (Å²) in [6.07, 6.45) is 2.63. The first-order chi connectivity index (χ1) is 6.75. The smallest absolute Gasteiger partial charge is 0.161 e. The molecular formula is C11H13N3. The standard InChI is InChI=1S/C11H13N3/c1-7-5-10(9-3-4-9)14-8(2)12-13-11(14)6-7/h5-6,9H,3-4H2,1-2H3. The van der Waals surface area contributed by atoms with Crippen LogP contribution < -0.4 is 0 Å². The Balaban J connectivity index is 2.37. The van der Waals surface area contributed by atoms with Crippen LogP contribution in [0, 0.1) is 13.8 Å². The van der Waals surface area contributed by atoms with Crippen molar-refractivity contribution in [1.82, 2.24) is 14.6 Å². The van der Waals surface area contributed by atoms with Gasteiger partial charge in [-0.3, -0.25) is 4.40 Å². The van der Waals surface area contributed by atoms with Gasteiger partial charge in [-0.25, -0.2) is 0 Å². The van der Waals surface area contributed by atoms with Gasteiger partial charge in [0, 0.05) is 5.69 Å². The van der Waals surface area contributed by atoms with Crippen LogP contribution in [0.2, 0.25) is 0 Å². The fourth-order valence-electron chi connectivity index (χ4n) is 2.01. The highest BCUT2D eigenvalue weighted by atomic mass is 15.2. The average Bonchev–Trinajstić information content (AvgIpc) is 2.92. The molecule has 0 amide bonds. The molecule has 1 aliphatic carbocycles. The normalized spacial score (nSPS) is 16.4. The van der Waals surface area contributed by atoms with Gasteiger partial charge >= 0.3 is 0 Å². The Bertz CT molecular complexity index is 494. The van der Waals surface area contributed by atoms with Gasteiger partial charge in [-0.05, 0) is 50.3 Å². The van der Waals surface area contributed by atoms with Gasteiger partial charge in [0.05, 0.1) is 0 Å². The highest BCUT2D eigenvalue weighted by molar-refractivity contribution is 5.44. The van der Waals surface area contributed by atoms with Crippen molar-refractivity contribution in [3.05, 3.63) is 29.2 Å². The van der Waals surface area contributed by atoms with Crippen molar-refractivity contribution in [3.63, 3.8) is 0 Å². The molecule has 0 radical (unpaired) electrons. The summed E-state index contributed by atoms with van der Waals surface area (Å²) in [5, 5.41) is 8.28. The monoisotopic (exact) mass is 187 g/mol. The number of nitrogens with zero attached hydrogens (tertiary/aromatic N) is 3. The molecule has 2 aromatic rings. The minimum Gasteiger partial charge on any atom is -0.283 e. The summed E-state index contributed by atoms with van der Waals surface area (Å²) in [7, 11) is 0. The number of aromatic nitrogens is 3. The molecule has 1 fully saturated rings.